The molecule has 0 radical (unpaired) electrons. The van der Waals surface area contributed by atoms with Crippen LogP contribution in [0.25, 0.3) is 10.9 Å². The lowest BCUT2D eigenvalue weighted by Crippen LogP contribution is -2.36. The van der Waals surface area contributed by atoms with Gasteiger partial charge in [0.15, 0.2) is 0 Å². The molecule has 0 bridgehead atoms. The largest absolute Gasteiger partial charge is 0.481 e. The molecular formula is C17H20N2O4. The number of hydrogen-bond acceptors (Lipinski definition) is 3. The van der Waals surface area contributed by atoms with Crippen molar-refractivity contribution in [3.05, 3.63) is 46.2 Å². The van der Waals surface area contributed by atoms with E-state index in [-0.39, 0.29) is 30.3 Å². The van der Waals surface area contributed by atoms with Crippen LogP contribution in [-0.2, 0) is 4.79 Å². The fraction of sp³-hybridized carbons (Fsp3) is 0.353. The summed E-state index contributed by atoms with van der Waals surface area (Å²) < 4.78 is 0. The van der Waals surface area contributed by atoms with Gasteiger partial charge in [-0.15, -0.1) is 0 Å². The molecule has 0 aliphatic rings. The van der Waals surface area contributed by atoms with Gasteiger partial charge < -0.3 is 15.0 Å². The van der Waals surface area contributed by atoms with Crippen molar-refractivity contribution in [3.8, 4) is 0 Å². The topological polar surface area (TPSA) is 90.5 Å². The van der Waals surface area contributed by atoms with Crippen LogP contribution in [0, 0.1) is 5.92 Å². The van der Waals surface area contributed by atoms with Gasteiger partial charge in [-0.2, -0.15) is 0 Å². The zero-order valence-corrected chi connectivity index (χ0v) is 13.2. The van der Waals surface area contributed by atoms with Crippen molar-refractivity contribution in [2.45, 2.75) is 20.3 Å². The Morgan fingerprint density at radius 3 is 2.61 bits per heavy atom. The van der Waals surface area contributed by atoms with Crippen LogP contribution in [0.3, 0.4) is 0 Å². The number of rotatable bonds is 6. The molecule has 0 fully saturated rings. The highest BCUT2D eigenvalue weighted by atomic mass is 16.4. The second-order valence-corrected chi connectivity index (χ2v) is 5.88. The van der Waals surface area contributed by atoms with Crippen molar-refractivity contribution in [2.75, 3.05) is 13.1 Å². The van der Waals surface area contributed by atoms with Crippen LogP contribution in [0.1, 0.15) is 30.6 Å². The first-order valence-electron chi connectivity index (χ1n) is 7.51. The fourth-order valence-electron chi connectivity index (χ4n) is 2.50. The molecule has 0 aliphatic carbocycles. The molecule has 2 rings (SSSR count). The average molecular weight is 316 g/mol. The Bertz CT molecular complexity index is 780. The minimum absolute atomic E-state index is 0.119. The number of H-pyrrole nitrogens is 1. The molecule has 0 saturated carbocycles. The Kier molecular flexibility index (Phi) is 5.16. The molecule has 1 amide bonds. The molecule has 1 aromatic heterocycles. The van der Waals surface area contributed by atoms with Gasteiger partial charge in [0, 0.05) is 30.1 Å². The number of amides is 1. The highest BCUT2D eigenvalue weighted by molar-refractivity contribution is 6.06. The van der Waals surface area contributed by atoms with Gasteiger partial charge in [-0.1, -0.05) is 32.0 Å². The third-order valence-electron chi connectivity index (χ3n) is 3.45. The van der Waals surface area contributed by atoms with Gasteiger partial charge in [0.2, 0.25) is 5.56 Å². The number of para-hydroxylation sites is 1. The highest BCUT2D eigenvalue weighted by Crippen LogP contribution is 2.17. The predicted octanol–water partition coefficient (Wildman–Crippen LogP) is 2.10. The minimum Gasteiger partial charge on any atom is -0.481 e. The van der Waals surface area contributed by atoms with Gasteiger partial charge in [0.05, 0.1) is 12.0 Å². The first kappa shape index (κ1) is 16.7. The normalized spacial score (nSPS) is 10.9. The van der Waals surface area contributed by atoms with Gasteiger partial charge in [-0.05, 0) is 12.0 Å². The SMILES string of the molecule is CC(C)CN(CCC(=O)O)C(=O)c1cc(=O)[nH]c2ccccc12. The van der Waals surface area contributed by atoms with E-state index in [9.17, 15) is 14.4 Å². The first-order valence-corrected chi connectivity index (χ1v) is 7.51. The van der Waals surface area contributed by atoms with E-state index in [4.69, 9.17) is 5.11 Å². The quantitative estimate of drug-likeness (QED) is 0.854. The van der Waals surface area contributed by atoms with Crippen LogP contribution in [0.15, 0.2) is 35.1 Å². The number of pyridine rings is 1. The smallest absolute Gasteiger partial charge is 0.305 e. The Balaban J connectivity index is 2.42. The van der Waals surface area contributed by atoms with Crippen molar-refractivity contribution in [1.29, 1.82) is 0 Å². The van der Waals surface area contributed by atoms with Crippen LogP contribution < -0.4 is 5.56 Å². The summed E-state index contributed by atoms with van der Waals surface area (Å²) in [5.41, 5.74) is 0.538. The van der Waals surface area contributed by atoms with Gasteiger partial charge >= 0.3 is 5.97 Å². The van der Waals surface area contributed by atoms with Gasteiger partial charge in [0.25, 0.3) is 5.91 Å². The van der Waals surface area contributed by atoms with Crippen LogP contribution in [-0.4, -0.2) is 40.0 Å². The number of hydrogen-bond donors (Lipinski definition) is 2. The third kappa shape index (κ3) is 4.18. The predicted molar refractivity (Wildman–Crippen MR) is 87.6 cm³/mol. The van der Waals surface area contributed by atoms with Crippen LogP contribution in [0.2, 0.25) is 0 Å². The van der Waals surface area contributed by atoms with Crippen molar-refractivity contribution in [2.24, 2.45) is 5.92 Å². The molecule has 6 nitrogen and oxygen atoms in total. The molecule has 1 aromatic carbocycles. The molecule has 6 heteroatoms. The molecular weight excluding hydrogens is 296 g/mol. The zero-order chi connectivity index (χ0) is 17.0. The van der Waals surface area contributed by atoms with Crippen LogP contribution >= 0.6 is 0 Å². The number of fused-ring (bicyclic) bond motifs is 1. The number of benzene rings is 1. The highest BCUT2D eigenvalue weighted by Gasteiger charge is 2.20. The molecule has 0 atom stereocenters. The minimum atomic E-state index is -0.956. The number of carboxylic acids is 1. The summed E-state index contributed by atoms with van der Waals surface area (Å²) in [6.45, 7) is 4.47. The van der Waals surface area contributed by atoms with Gasteiger partial charge in [0.1, 0.15) is 0 Å². The molecule has 122 valence electrons. The standard InChI is InChI=1S/C17H20N2O4/c1-11(2)10-19(8-7-16(21)22)17(23)13-9-15(20)18-14-6-4-3-5-12(13)14/h3-6,9,11H,7-8,10H2,1-2H3,(H,18,20)(H,21,22). The molecule has 0 unspecified atom stereocenters. The fourth-order valence-corrected chi connectivity index (χ4v) is 2.50. The first-order chi connectivity index (χ1) is 10.9. The number of nitrogens with zero attached hydrogens (tertiary/aromatic N) is 1. The zero-order valence-electron chi connectivity index (χ0n) is 13.2. The van der Waals surface area contributed by atoms with E-state index in [1.54, 1.807) is 24.3 Å². The number of aromatic amines is 1. The van der Waals surface area contributed by atoms with E-state index in [0.717, 1.165) is 0 Å². The third-order valence-corrected chi connectivity index (χ3v) is 3.45. The average Bonchev–Trinajstić information content (AvgIpc) is 2.49. The van der Waals surface area contributed by atoms with Crippen molar-refractivity contribution in [1.82, 2.24) is 9.88 Å². The van der Waals surface area contributed by atoms with E-state index in [0.29, 0.717) is 23.0 Å². The summed E-state index contributed by atoms with van der Waals surface area (Å²) in [5.74, 6) is -1.08. The summed E-state index contributed by atoms with van der Waals surface area (Å²) in [6.07, 6.45) is -0.125. The van der Waals surface area contributed by atoms with Gasteiger partial charge in [-0.3, -0.25) is 14.4 Å². The maximum absolute atomic E-state index is 12.8. The van der Waals surface area contributed by atoms with E-state index in [1.165, 1.54) is 11.0 Å². The number of carboxylic acid groups (broad SMARTS) is 1. The summed E-state index contributed by atoms with van der Waals surface area (Å²) in [7, 11) is 0. The summed E-state index contributed by atoms with van der Waals surface area (Å²) >= 11 is 0. The molecule has 0 spiro atoms. The van der Waals surface area contributed by atoms with Gasteiger partial charge in [-0.25, -0.2) is 0 Å². The van der Waals surface area contributed by atoms with Crippen molar-refractivity contribution >= 4 is 22.8 Å². The van der Waals surface area contributed by atoms with Crippen LogP contribution in [0.4, 0.5) is 0 Å². The van der Waals surface area contributed by atoms with Crippen LogP contribution in [0.5, 0.6) is 0 Å². The molecule has 23 heavy (non-hydrogen) atoms. The lowest BCUT2D eigenvalue weighted by molar-refractivity contribution is -0.137. The maximum atomic E-state index is 12.8. The number of aliphatic carboxylic acids is 1. The maximum Gasteiger partial charge on any atom is 0.305 e. The van der Waals surface area contributed by atoms with E-state index >= 15 is 0 Å². The Morgan fingerprint density at radius 1 is 1.26 bits per heavy atom. The Hall–Kier alpha value is -2.63. The van der Waals surface area contributed by atoms with Crippen molar-refractivity contribution in [3.63, 3.8) is 0 Å². The number of nitrogens with one attached hydrogen (secondary N) is 1. The molecule has 2 N–H and O–H groups in total. The summed E-state index contributed by atoms with van der Waals surface area (Å²) in [5, 5.41) is 9.53. The summed E-state index contributed by atoms with van der Waals surface area (Å²) in [4.78, 5) is 39.7. The van der Waals surface area contributed by atoms with E-state index in [2.05, 4.69) is 4.98 Å². The molecule has 0 saturated heterocycles. The Labute approximate surface area is 133 Å². The monoisotopic (exact) mass is 316 g/mol. The number of carbonyl (C=O) groups excluding carboxylic acids is 1. The lowest BCUT2D eigenvalue weighted by atomic mass is 10.1. The lowest BCUT2D eigenvalue weighted by Gasteiger charge is -2.24. The number of aromatic nitrogens is 1. The number of carbonyl (C=O) groups is 2. The second-order valence-electron chi connectivity index (χ2n) is 5.88. The molecule has 0 aliphatic heterocycles. The van der Waals surface area contributed by atoms with E-state index < -0.39 is 5.97 Å². The molecule has 1 heterocycles. The Morgan fingerprint density at radius 2 is 1.96 bits per heavy atom. The van der Waals surface area contributed by atoms with Crippen molar-refractivity contribution < 1.29 is 14.7 Å². The second kappa shape index (κ2) is 7.09. The molecule has 2 aromatic rings. The summed E-state index contributed by atoms with van der Waals surface area (Å²) in [6, 6.07) is 8.35. The van der Waals surface area contributed by atoms with E-state index in [1.807, 2.05) is 13.8 Å².